The van der Waals surface area contributed by atoms with E-state index >= 15 is 4.79 Å². The smallest absolute Gasteiger partial charge is 0.411 e. The van der Waals surface area contributed by atoms with Gasteiger partial charge in [0.25, 0.3) is 5.91 Å². The summed E-state index contributed by atoms with van der Waals surface area (Å²) in [5.74, 6) is 1.02. The number of fused-ring (bicyclic) bond motifs is 2. The number of rotatable bonds is 12. The number of carbonyl (C=O) groups excluding carboxylic acids is 3. The van der Waals surface area contributed by atoms with E-state index in [4.69, 9.17) is 65.4 Å². The van der Waals surface area contributed by atoms with Crippen LogP contribution in [0.1, 0.15) is 81.7 Å². The van der Waals surface area contributed by atoms with Crippen molar-refractivity contribution in [1.82, 2.24) is 14.7 Å². The molecule has 2 unspecified atom stereocenters. The molecule has 10 nitrogen and oxygen atoms in total. The minimum absolute atomic E-state index is 0.0126. The van der Waals surface area contributed by atoms with Gasteiger partial charge < -0.3 is 28.7 Å². The molecule has 3 aromatic carbocycles. The molecule has 3 aliphatic rings. The zero-order valence-electron chi connectivity index (χ0n) is 35.6. The fourth-order valence-electron chi connectivity index (χ4n) is 7.58. The Labute approximate surface area is 373 Å². The number of hydrogen-bond acceptors (Lipinski definition) is 7. The van der Waals surface area contributed by atoms with Crippen molar-refractivity contribution in [3.8, 4) is 11.5 Å². The molecule has 3 amide bonds. The Morgan fingerprint density at radius 2 is 1.45 bits per heavy atom. The lowest BCUT2D eigenvalue weighted by molar-refractivity contribution is -0.129. The summed E-state index contributed by atoms with van der Waals surface area (Å²) >= 11 is 25.3. The molecular weight excluding hydrogens is 848 g/mol. The van der Waals surface area contributed by atoms with E-state index in [1.807, 2.05) is 67.3 Å². The monoisotopic (exact) mass is 901 g/mol. The van der Waals surface area contributed by atoms with Crippen LogP contribution >= 0.6 is 46.4 Å². The Bertz CT molecular complexity index is 2110. The second-order valence-electron chi connectivity index (χ2n) is 17.4. The Morgan fingerprint density at radius 1 is 0.800 bits per heavy atom. The van der Waals surface area contributed by atoms with Crippen LogP contribution in [0, 0.1) is 20.8 Å². The topological polar surface area (TPSA) is 97.9 Å². The number of amides is 3. The molecular formula is C46H55Cl4N3O7. The van der Waals surface area contributed by atoms with Crippen molar-refractivity contribution < 1.29 is 33.3 Å². The fraction of sp³-hybridized carbons (Fsp3) is 0.500. The van der Waals surface area contributed by atoms with Crippen molar-refractivity contribution in [1.29, 1.82) is 0 Å². The number of benzene rings is 3. The van der Waals surface area contributed by atoms with E-state index in [-0.39, 0.29) is 44.7 Å². The van der Waals surface area contributed by atoms with Crippen LogP contribution in [-0.4, -0.2) is 98.8 Å². The summed E-state index contributed by atoms with van der Waals surface area (Å²) in [4.78, 5) is 48.5. The van der Waals surface area contributed by atoms with Crippen molar-refractivity contribution in [2.45, 2.75) is 114 Å². The van der Waals surface area contributed by atoms with Gasteiger partial charge in [-0.2, -0.15) is 0 Å². The average Bonchev–Trinajstić information content (AvgIpc) is 4.00. The van der Waals surface area contributed by atoms with E-state index in [0.29, 0.717) is 35.1 Å². The fourth-order valence-corrected chi connectivity index (χ4v) is 7.97. The van der Waals surface area contributed by atoms with E-state index in [1.165, 1.54) is 13.8 Å². The van der Waals surface area contributed by atoms with Crippen molar-refractivity contribution in [3.63, 3.8) is 0 Å². The van der Waals surface area contributed by atoms with Gasteiger partial charge in [0.2, 0.25) is 3.79 Å². The largest absolute Gasteiger partial charge is 0.490 e. The summed E-state index contributed by atoms with van der Waals surface area (Å²) in [5.41, 5.74) is 4.17. The van der Waals surface area contributed by atoms with Crippen LogP contribution in [0.15, 0.2) is 66.2 Å². The lowest BCUT2D eigenvalue weighted by Crippen LogP contribution is -2.66. The van der Waals surface area contributed by atoms with Gasteiger partial charge in [0.15, 0.2) is 5.60 Å². The normalized spacial score (nSPS) is 18.3. The Balaban J connectivity index is 1.35. The summed E-state index contributed by atoms with van der Waals surface area (Å²) in [6.45, 7) is 15.7. The molecule has 0 spiro atoms. The number of halogens is 4. The van der Waals surface area contributed by atoms with Gasteiger partial charge in [-0.15, -0.1) is 0 Å². The predicted octanol–water partition coefficient (Wildman–Crippen LogP) is 10.7. The van der Waals surface area contributed by atoms with Gasteiger partial charge in [-0.25, -0.2) is 9.59 Å². The van der Waals surface area contributed by atoms with Crippen LogP contribution in [0.25, 0.3) is 5.57 Å². The molecule has 60 heavy (non-hydrogen) atoms. The molecule has 1 aliphatic carbocycles. The quantitative estimate of drug-likeness (QED) is 0.132. The molecule has 2 atom stereocenters. The number of hydrogen-bond donors (Lipinski definition) is 0. The number of aryl methyl sites for hydroxylation is 3. The third kappa shape index (κ3) is 10.8. The summed E-state index contributed by atoms with van der Waals surface area (Å²) in [5, 5.41) is 0.545. The van der Waals surface area contributed by atoms with Crippen LogP contribution in [0.5, 0.6) is 11.5 Å². The van der Waals surface area contributed by atoms with E-state index in [1.54, 1.807) is 30.6 Å². The number of nitrogens with zero attached hydrogens (tertiary/aromatic N) is 3. The molecule has 0 N–H and O–H groups in total. The average molecular weight is 904 g/mol. The molecule has 2 bridgehead atoms. The number of piperazine rings is 1. The van der Waals surface area contributed by atoms with E-state index in [0.717, 1.165) is 46.2 Å². The van der Waals surface area contributed by atoms with Gasteiger partial charge in [0.1, 0.15) is 30.3 Å². The minimum atomic E-state index is -1.95. The molecule has 2 aliphatic heterocycles. The highest BCUT2D eigenvalue weighted by Gasteiger charge is 2.53. The molecule has 0 radical (unpaired) electrons. The van der Waals surface area contributed by atoms with Crippen molar-refractivity contribution in [3.05, 3.63) is 99.1 Å². The first-order chi connectivity index (χ1) is 28.1. The molecule has 324 valence electrons. The van der Waals surface area contributed by atoms with E-state index in [9.17, 15) is 9.59 Å². The van der Waals surface area contributed by atoms with Crippen molar-refractivity contribution in [2.24, 2.45) is 0 Å². The van der Waals surface area contributed by atoms with Crippen molar-refractivity contribution in [2.75, 3.05) is 32.8 Å². The molecule has 2 heterocycles. The van der Waals surface area contributed by atoms with Crippen LogP contribution in [0.3, 0.4) is 0 Å². The summed E-state index contributed by atoms with van der Waals surface area (Å²) in [7, 11) is 0. The highest BCUT2D eigenvalue weighted by molar-refractivity contribution is 6.68. The molecule has 1 saturated heterocycles. The highest BCUT2D eigenvalue weighted by Crippen LogP contribution is 2.44. The van der Waals surface area contributed by atoms with Gasteiger partial charge in [-0.1, -0.05) is 82.8 Å². The van der Waals surface area contributed by atoms with Crippen molar-refractivity contribution >= 4 is 70.1 Å². The SMILES string of the molecule is Cc1cc(Cl)c(OCCOc2ccc(C3=C(C(=O)N(CCc4ccccc4C)C4CC4)C4CN(C(=O)OC(C)(C)C)CC(C3)N4C(=O)OC(C)(C)C(Cl)(Cl)Cl)cc2)cc1C. The summed E-state index contributed by atoms with van der Waals surface area (Å²) in [6, 6.07) is 18.1. The first kappa shape index (κ1) is 45.7. The highest BCUT2D eigenvalue weighted by atomic mass is 35.6. The molecule has 1 saturated carbocycles. The second kappa shape index (κ2) is 18.3. The zero-order valence-corrected chi connectivity index (χ0v) is 38.6. The van der Waals surface area contributed by atoms with E-state index in [2.05, 4.69) is 19.1 Å². The molecule has 6 rings (SSSR count). The van der Waals surface area contributed by atoms with Gasteiger partial charge >= 0.3 is 12.2 Å². The Morgan fingerprint density at radius 3 is 2.08 bits per heavy atom. The second-order valence-corrected chi connectivity index (χ2v) is 20.1. The van der Waals surface area contributed by atoms with Gasteiger partial charge in [-0.3, -0.25) is 9.69 Å². The Kier molecular flexibility index (Phi) is 13.9. The molecule has 3 aromatic rings. The van der Waals surface area contributed by atoms with Gasteiger partial charge in [0, 0.05) is 31.2 Å². The number of alkyl halides is 3. The third-order valence-electron chi connectivity index (χ3n) is 11.3. The van der Waals surface area contributed by atoms with Crippen LogP contribution in [0.2, 0.25) is 5.02 Å². The lowest BCUT2D eigenvalue weighted by Gasteiger charge is -2.51. The maximum absolute atomic E-state index is 15.4. The molecule has 14 heteroatoms. The maximum atomic E-state index is 15.4. The molecule has 2 fully saturated rings. The predicted molar refractivity (Wildman–Crippen MR) is 238 cm³/mol. The summed E-state index contributed by atoms with van der Waals surface area (Å²) in [6.07, 6.45) is 1.35. The zero-order chi connectivity index (χ0) is 43.7. The summed E-state index contributed by atoms with van der Waals surface area (Å²) < 4.78 is 21.8. The van der Waals surface area contributed by atoms with E-state index < -0.39 is 39.3 Å². The minimum Gasteiger partial charge on any atom is -0.490 e. The maximum Gasteiger partial charge on any atom is 0.411 e. The standard InChI is InChI=1S/C46H55Cl4N3O7/c1-28-11-9-10-12-31(28)19-20-52(33-15-16-33)41(54)40-36(32-13-17-35(18-14-32)57-21-22-58-39-24-30(3)29(2)23-37(39)47)25-34-26-51(42(55)59-44(4,5)6)27-38(40)53(34)43(56)60-45(7,8)46(48,49)50/h9-14,17-18,23-24,33-34,38H,15-16,19-22,25-27H2,1-8H3. The Hall–Kier alpha value is -3.83. The first-order valence-electron chi connectivity index (χ1n) is 20.4. The van der Waals surface area contributed by atoms with Crippen LogP contribution < -0.4 is 9.47 Å². The first-order valence-corrected chi connectivity index (χ1v) is 21.9. The van der Waals surface area contributed by atoms with Crippen LogP contribution in [0.4, 0.5) is 9.59 Å². The lowest BCUT2D eigenvalue weighted by atomic mass is 9.81. The van der Waals surface area contributed by atoms with Gasteiger partial charge in [-0.05, 0) is 139 Å². The number of carbonyl (C=O) groups is 3. The molecule has 0 aromatic heterocycles. The van der Waals surface area contributed by atoms with Crippen LogP contribution in [-0.2, 0) is 20.7 Å². The third-order valence-corrected chi connectivity index (χ3v) is 12.9. The number of ether oxygens (including phenoxy) is 4. The van der Waals surface area contributed by atoms with Gasteiger partial charge in [0.05, 0.1) is 17.1 Å².